The minimum absolute atomic E-state index is 0.0403. The fourth-order valence-electron chi connectivity index (χ4n) is 5.37. The number of thiophene rings is 1. The lowest BCUT2D eigenvalue weighted by molar-refractivity contribution is -0.118. The summed E-state index contributed by atoms with van der Waals surface area (Å²) < 4.78 is 29.8. The first-order valence-electron chi connectivity index (χ1n) is 13.4. The van der Waals surface area contributed by atoms with Crippen molar-refractivity contribution in [2.75, 3.05) is 23.4 Å². The zero-order valence-corrected chi connectivity index (χ0v) is 24.9. The van der Waals surface area contributed by atoms with Crippen LogP contribution in [0.3, 0.4) is 0 Å². The maximum Gasteiger partial charge on any atom is 0.262 e. The van der Waals surface area contributed by atoms with Crippen LogP contribution in [0.4, 0.5) is 5.00 Å². The van der Waals surface area contributed by atoms with Gasteiger partial charge in [-0.15, -0.1) is 11.3 Å². The van der Waals surface area contributed by atoms with E-state index in [1.165, 1.54) is 11.3 Å². The van der Waals surface area contributed by atoms with Gasteiger partial charge in [0.05, 0.1) is 17.1 Å². The number of nitrogens with one attached hydrogen (secondary N) is 2. The Morgan fingerprint density at radius 3 is 2.55 bits per heavy atom. The molecule has 0 spiro atoms. The molecule has 1 aliphatic heterocycles. The van der Waals surface area contributed by atoms with Crippen LogP contribution in [-0.2, 0) is 27.5 Å². The summed E-state index contributed by atoms with van der Waals surface area (Å²) in [6, 6.07) is 5.59. The van der Waals surface area contributed by atoms with Crippen molar-refractivity contribution in [3.63, 3.8) is 0 Å². The molecule has 2 N–H and O–H groups in total. The molecule has 2 aliphatic rings. The van der Waals surface area contributed by atoms with Crippen molar-refractivity contribution >= 4 is 38.0 Å². The number of amides is 2. The third-order valence-electron chi connectivity index (χ3n) is 7.69. The number of carbonyl (C=O) groups is 2. The first-order chi connectivity index (χ1) is 17.7. The van der Waals surface area contributed by atoms with Crippen LogP contribution in [-0.4, -0.2) is 44.4 Å². The van der Waals surface area contributed by atoms with Gasteiger partial charge in [-0.1, -0.05) is 46.8 Å². The highest BCUT2D eigenvalue weighted by molar-refractivity contribution is 7.91. The van der Waals surface area contributed by atoms with Crippen LogP contribution in [0.25, 0.3) is 0 Å². The highest BCUT2D eigenvalue weighted by Gasteiger charge is 2.36. The number of fused-ring (bicyclic) bond motifs is 1. The molecule has 9 heteroatoms. The number of aryl methyl sites for hydroxylation is 1. The topological polar surface area (TPSA) is 102 Å². The molecule has 4 rings (SSSR count). The Bertz CT molecular complexity index is 1320. The summed E-state index contributed by atoms with van der Waals surface area (Å²) in [4.78, 5) is 27.7. The summed E-state index contributed by atoms with van der Waals surface area (Å²) in [5, 5.41) is 6.40. The summed E-state index contributed by atoms with van der Waals surface area (Å²) >= 11 is 1.46. The second-order valence-electron chi connectivity index (χ2n) is 12.1. The van der Waals surface area contributed by atoms with Crippen molar-refractivity contribution in [2.45, 2.75) is 79.2 Å². The predicted octanol–water partition coefficient (Wildman–Crippen LogP) is 5.27. The van der Waals surface area contributed by atoms with Crippen LogP contribution in [0.5, 0.6) is 5.75 Å². The van der Waals surface area contributed by atoms with Gasteiger partial charge in [-0.2, -0.15) is 0 Å². The molecule has 38 heavy (non-hydrogen) atoms. The number of carbonyl (C=O) groups excluding carboxylic acids is 2. The van der Waals surface area contributed by atoms with E-state index < -0.39 is 15.9 Å². The smallest absolute Gasteiger partial charge is 0.262 e. The van der Waals surface area contributed by atoms with E-state index in [0.29, 0.717) is 28.7 Å². The zero-order valence-electron chi connectivity index (χ0n) is 23.3. The van der Waals surface area contributed by atoms with Crippen molar-refractivity contribution in [3.8, 4) is 5.75 Å². The van der Waals surface area contributed by atoms with Gasteiger partial charge >= 0.3 is 0 Å². The lowest BCUT2D eigenvalue weighted by Crippen LogP contribution is -2.36. The number of rotatable bonds is 7. The van der Waals surface area contributed by atoms with Gasteiger partial charge in [0.25, 0.3) is 11.8 Å². The van der Waals surface area contributed by atoms with Gasteiger partial charge in [-0.25, -0.2) is 8.42 Å². The van der Waals surface area contributed by atoms with Crippen molar-refractivity contribution in [1.82, 2.24) is 5.32 Å². The fourth-order valence-corrected chi connectivity index (χ4v) is 8.38. The predicted molar refractivity (Wildman–Crippen MR) is 153 cm³/mol. The second kappa shape index (κ2) is 11.0. The summed E-state index contributed by atoms with van der Waals surface area (Å²) in [7, 11) is -3.13. The summed E-state index contributed by atoms with van der Waals surface area (Å²) in [5.41, 5.74) is 3.69. The Morgan fingerprint density at radius 2 is 1.92 bits per heavy atom. The molecule has 0 saturated carbocycles. The van der Waals surface area contributed by atoms with Crippen LogP contribution in [0.15, 0.2) is 18.2 Å². The van der Waals surface area contributed by atoms with Crippen molar-refractivity contribution in [1.29, 1.82) is 0 Å². The Balaban J connectivity index is 1.55. The largest absolute Gasteiger partial charge is 0.483 e. The third kappa shape index (κ3) is 6.60. The van der Waals surface area contributed by atoms with Crippen molar-refractivity contribution in [3.05, 3.63) is 45.3 Å². The SMILES string of the molecule is Cc1ccc(C(C)C)c(OCC(=O)Nc2sc3c(c2C(=O)NC2CCS(=O)(=O)C2)CCC(C(C)(C)C)C3)c1. The molecule has 1 aliphatic carbocycles. The lowest BCUT2D eigenvalue weighted by atomic mass is 9.72. The van der Waals surface area contributed by atoms with Crippen molar-refractivity contribution in [2.24, 2.45) is 11.3 Å². The zero-order chi connectivity index (χ0) is 27.8. The number of sulfone groups is 1. The maximum atomic E-state index is 13.5. The number of hydrogen-bond donors (Lipinski definition) is 2. The van der Waals surface area contributed by atoms with Gasteiger partial charge in [-0.05, 0) is 72.6 Å². The highest BCUT2D eigenvalue weighted by atomic mass is 32.2. The lowest BCUT2D eigenvalue weighted by Gasteiger charge is -2.33. The Labute approximate surface area is 230 Å². The number of ether oxygens (including phenoxy) is 1. The van der Waals surface area contributed by atoms with Gasteiger partial charge in [0.15, 0.2) is 16.4 Å². The highest BCUT2D eigenvalue weighted by Crippen LogP contribution is 2.44. The number of anilines is 1. The summed E-state index contributed by atoms with van der Waals surface area (Å²) in [6.45, 7) is 12.7. The first kappa shape index (κ1) is 28.6. The van der Waals surface area contributed by atoms with E-state index >= 15 is 0 Å². The van der Waals surface area contributed by atoms with Gasteiger partial charge in [0, 0.05) is 10.9 Å². The molecule has 208 valence electrons. The van der Waals surface area contributed by atoms with Crippen LogP contribution < -0.4 is 15.4 Å². The molecule has 2 atom stereocenters. The number of benzene rings is 1. The fraction of sp³-hybridized carbons (Fsp3) is 0.586. The Hall–Kier alpha value is -2.39. The van der Waals surface area contributed by atoms with Gasteiger partial charge in [-0.3, -0.25) is 9.59 Å². The van der Waals surface area contributed by atoms with Crippen LogP contribution >= 0.6 is 11.3 Å². The quantitative estimate of drug-likeness (QED) is 0.481. The van der Waals surface area contributed by atoms with Crippen LogP contribution in [0, 0.1) is 18.3 Å². The van der Waals surface area contributed by atoms with E-state index in [-0.39, 0.29) is 41.3 Å². The molecule has 2 heterocycles. The van der Waals surface area contributed by atoms with E-state index in [4.69, 9.17) is 4.74 Å². The second-order valence-corrected chi connectivity index (χ2v) is 15.5. The molecule has 1 aromatic carbocycles. The molecule has 0 bridgehead atoms. The van der Waals surface area contributed by atoms with Crippen LogP contribution in [0.2, 0.25) is 0 Å². The van der Waals surface area contributed by atoms with E-state index in [1.54, 1.807) is 0 Å². The average Bonchev–Trinajstić information content (AvgIpc) is 3.34. The molecule has 2 unspecified atom stereocenters. The molecule has 1 saturated heterocycles. The molecule has 0 radical (unpaired) electrons. The molecule has 1 aromatic heterocycles. The molecule has 7 nitrogen and oxygen atoms in total. The van der Waals surface area contributed by atoms with Crippen LogP contribution in [0.1, 0.15) is 85.3 Å². The minimum Gasteiger partial charge on any atom is -0.483 e. The van der Waals surface area contributed by atoms with Gasteiger partial charge < -0.3 is 15.4 Å². The third-order valence-corrected chi connectivity index (χ3v) is 10.6. The average molecular weight is 561 g/mol. The minimum atomic E-state index is -3.13. The van der Waals surface area contributed by atoms with Gasteiger partial charge in [0.2, 0.25) is 0 Å². The number of hydrogen-bond acceptors (Lipinski definition) is 6. The molecule has 2 aromatic rings. The Kier molecular flexibility index (Phi) is 8.28. The first-order valence-corrected chi connectivity index (χ1v) is 16.1. The molecule has 2 amide bonds. The molecule has 1 fully saturated rings. The molecular weight excluding hydrogens is 520 g/mol. The van der Waals surface area contributed by atoms with Gasteiger partial charge in [0.1, 0.15) is 10.8 Å². The monoisotopic (exact) mass is 560 g/mol. The van der Waals surface area contributed by atoms with E-state index in [0.717, 1.165) is 40.8 Å². The maximum absolute atomic E-state index is 13.5. The van der Waals surface area contributed by atoms with E-state index in [2.05, 4.69) is 45.3 Å². The summed E-state index contributed by atoms with van der Waals surface area (Å²) in [6.07, 6.45) is 2.99. The van der Waals surface area contributed by atoms with Crippen molar-refractivity contribution < 1.29 is 22.7 Å². The summed E-state index contributed by atoms with van der Waals surface area (Å²) in [5.74, 6) is 0.830. The Morgan fingerprint density at radius 1 is 1.18 bits per heavy atom. The van der Waals surface area contributed by atoms with E-state index in [9.17, 15) is 18.0 Å². The normalized spacial score (nSPS) is 20.7. The molecular formula is C29H40N2O5S2. The standard InChI is InChI=1S/C29H40N2O5S2/c1-17(2)21-9-7-18(3)13-23(21)36-15-25(32)31-28-26(27(33)30-20-11-12-38(34,35)16-20)22-10-8-19(29(4,5)6)14-24(22)37-28/h7,9,13,17,19-20H,8,10-12,14-16H2,1-6H3,(H,30,33)(H,31,32). The van der Waals surface area contributed by atoms with E-state index in [1.807, 2.05) is 25.1 Å².